The largest absolute Gasteiger partial charge is 0.399 e. The molecule has 1 atom stereocenters. The highest BCUT2D eigenvalue weighted by molar-refractivity contribution is 5.51. The fourth-order valence-corrected chi connectivity index (χ4v) is 2.07. The molecule has 3 rings (SSSR count). The van der Waals surface area contributed by atoms with E-state index in [4.69, 9.17) is 5.73 Å². The quantitative estimate of drug-likeness (QED) is 0.717. The maximum atomic E-state index is 5.69. The second kappa shape index (κ2) is 3.20. The van der Waals surface area contributed by atoms with Crippen molar-refractivity contribution in [1.82, 2.24) is 19.9 Å². The minimum absolute atomic E-state index is 0.337. The third kappa shape index (κ3) is 1.35. The van der Waals surface area contributed by atoms with E-state index in [0.29, 0.717) is 6.04 Å². The molecule has 0 bridgehead atoms. The summed E-state index contributed by atoms with van der Waals surface area (Å²) in [6.45, 7) is 1.06. The minimum Gasteiger partial charge on any atom is -0.399 e. The molecule has 0 spiro atoms. The van der Waals surface area contributed by atoms with Gasteiger partial charge in [-0.3, -0.25) is 4.40 Å². The Balaban J connectivity index is 2.11. The molecule has 5 heteroatoms. The molecule has 5 nitrogen and oxygen atoms in total. The summed E-state index contributed by atoms with van der Waals surface area (Å²) in [5, 5.41) is 11.7. The van der Waals surface area contributed by atoms with E-state index in [9.17, 15) is 0 Å². The molecule has 1 unspecified atom stereocenters. The highest BCUT2D eigenvalue weighted by Crippen LogP contribution is 2.22. The topological polar surface area (TPSA) is 68.2 Å². The molecule has 0 aliphatic carbocycles. The number of hydrogen-bond donors (Lipinski definition) is 2. The normalized spacial score (nSPS) is 21.2. The molecule has 0 saturated carbocycles. The van der Waals surface area contributed by atoms with Gasteiger partial charge in [-0.15, -0.1) is 10.2 Å². The molecular weight excluding hydrogens is 190 g/mol. The monoisotopic (exact) mass is 203 g/mol. The highest BCUT2D eigenvalue weighted by atomic mass is 15.3. The van der Waals surface area contributed by atoms with Crippen LogP contribution in [0, 0.1) is 0 Å². The maximum Gasteiger partial charge on any atom is 0.162 e. The predicted molar refractivity (Wildman–Crippen MR) is 57.4 cm³/mol. The Kier molecular flexibility index (Phi) is 1.85. The zero-order valence-electron chi connectivity index (χ0n) is 8.35. The van der Waals surface area contributed by atoms with E-state index in [2.05, 4.69) is 15.5 Å². The molecule has 0 amide bonds. The molecule has 15 heavy (non-hydrogen) atoms. The van der Waals surface area contributed by atoms with E-state index in [1.54, 1.807) is 0 Å². The summed E-state index contributed by atoms with van der Waals surface area (Å²) >= 11 is 0. The first kappa shape index (κ1) is 8.67. The number of nitrogens with zero attached hydrogens (tertiary/aromatic N) is 3. The molecule has 0 radical (unpaired) electrons. The number of nitrogens with two attached hydrogens (primary N) is 1. The predicted octanol–water partition coefficient (Wildman–Crippen LogP) is 0.736. The number of nitrogens with one attached hydrogen (secondary N) is 1. The van der Waals surface area contributed by atoms with Crippen LogP contribution in [0.25, 0.3) is 5.65 Å². The van der Waals surface area contributed by atoms with Crippen LogP contribution in [0.5, 0.6) is 0 Å². The van der Waals surface area contributed by atoms with Gasteiger partial charge in [0, 0.05) is 18.0 Å². The second-order valence-electron chi connectivity index (χ2n) is 3.90. The van der Waals surface area contributed by atoms with Crippen LogP contribution in [0.1, 0.15) is 24.7 Å². The number of pyridine rings is 1. The van der Waals surface area contributed by atoms with E-state index in [0.717, 1.165) is 30.1 Å². The molecule has 1 aliphatic rings. The van der Waals surface area contributed by atoms with Gasteiger partial charge >= 0.3 is 0 Å². The van der Waals surface area contributed by atoms with Gasteiger partial charge in [0.15, 0.2) is 11.5 Å². The van der Waals surface area contributed by atoms with Crippen molar-refractivity contribution in [3.8, 4) is 0 Å². The van der Waals surface area contributed by atoms with E-state index in [-0.39, 0.29) is 0 Å². The van der Waals surface area contributed by atoms with Gasteiger partial charge in [-0.1, -0.05) is 0 Å². The summed E-state index contributed by atoms with van der Waals surface area (Å²) in [5.41, 5.74) is 7.23. The second-order valence-corrected chi connectivity index (χ2v) is 3.90. The average molecular weight is 203 g/mol. The number of anilines is 1. The Morgan fingerprint density at radius 2 is 2.40 bits per heavy atom. The Morgan fingerprint density at radius 3 is 3.20 bits per heavy atom. The summed E-state index contributed by atoms with van der Waals surface area (Å²) in [6.07, 6.45) is 4.26. The van der Waals surface area contributed by atoms with Gasteiger partial charge in [-0.05, 0) is 25.5 Å². The SMILES string of the molecule is Nc1ccn2c(C3CCCN3)nnc2c1. The first-order valence-corrected chi connectivity index (χ1v) is 5.18. The lowest BCUT2D eigenvalue weighted by molar-refractivity contribution is 0.598. The molecule has 3 N–H and O–H groups in total. The van der Waals surface area contributed by atoms with Gasteiger partial charge in [0.1, 0.15) is 0 Å². The number of nitrogen functional groups attached to an aromatic ring is 1. The van der Waals surface area contributed by atoms with Gasteiger partial charge < -0.3 is 11.1 Å². The fourth-order valence-electron chi connectivity index (χ4n) is 2.07. The third-order valence-electron chi connectivity index (χ3n) is 2.83. The molecule has 1 saturated heterocycles. The van der Waals surface area contributed by atoms with Crippen molar-refractivity contribution in [2.75, 3.05) is 12.3 Å². The van der Waals surface area contributed by atoms with Crippen LogP contribution in [0.4, 0.5) is 5.69 Å². The van der Waals surface area contributed by atoms with Gasteiger partial charge in [-0.2, -0.15) is 0 Å². The van der Waals surface area contributed by atoms with E-state index >= 15 is 0 Å². The lowest BCUT2D eigenvalue weighted by Gasteiger charge is -2.07. The Morgan fingerprint density at radius 1 is 1.47 bits per heavy atom. The van der Waals surface area contributed by atoms with Gasteiger partial charge in [-0.25, -0.2) is 0 Å². The molecule has 1 aliphatic heterocycles. The summed E-state index contributed by atoms with van der Waals surface area (Å²) in [4.78, 5) is 0. The van der Waals surface area contributed by atoms with Crippen molar-refractivity contribution < 1.29 is 0 Å². The van der Waals surface area contributed by atoms with Crippen molar-refractivity contribution in [2.45, 2.75) is 18.9 Å². The van der Waals surface area contributed by atoms with E-state index in [1.165, 1.54) is 6.42 Å². The number of aromatic nitrogens is 3. The number of rotatable bonds is 1. The lowest BCUT2D eigenvalue weighted by atomic mass is 10.2. The summed E-state index contributed by atoms with van der Waals surface area (Å²) in [5.74, 6) is 0.988. The standard InChI is InChI=1S/C10H13N5/c11-7-3-5-15-9(6-7)13-14-10(15)8-2-1-4-12-8/h3,5-6,8,12H,1-2,4,11H2. The molecule has 2 aromatic rings. The zero-order chi connectivity index (χ0) is 10.3. The van der Waals surface area contributed by atoms with Gasteiger partial charge in [0.2, 0.25) is 0 Å². The molecular formula is C10H13N5. The maximum absolute atomic E-state index is 5.69. The van der Waals surface area contributed by atoms with Crippen LogP contribution in [-0.4, -0.2) is 21.1 Å². The molecule has 2 aromatic heterocycles. The summed E-state index contributed by atoms with van der Waals surface area (Å²) in [7, 11) is 0. The zero-order valence-corrected chi connectivity index (χ0v) is 8.35. The van der Waals surface area contributed by atoms with Crippen LogP contribution < -0.4 is 11.1 Å². The molecule has 1 fully saturated rings. The number of hydrogen-bond acceptors (Lipinski definition) is 4. The number of fused-ring (bicyclic) bond motifs is 1. The van der Waals surface area contributed by atoms with Crippen LogP contribution >= 0.6 is 0 Å². The van der Waals surface area contributed by atoms with Crippen molar-refractivity contribution in [1.29, 1.82) is 0 Å². The minimum atomic E-state index is 0.337. The van der Waals surface area contributed by atoms with E-state index < -0.39 is 0 Å². The van der Waals surface area contributed by atoms with Crippen LogP contribution in [0.2, 0.25) is 0 Å². The van der Waals surface area contributed by atoms with Crippen molar-refractivity contribution >= 4 is 11.3 Å². The summed E-state index contributed by atoms with van der Waals surface area (Å²) < 4.78 is 2.00. The smallest absolute Gasteiger partial charge is 0.162 e. The molecule has 78 valence electrons. The van der Waals surface area contributed by atoms with Crippen molar-refractivity contribution in [3.63, 3.8) is 0 Å². The lowest BCUT2D eigenvalue weighted by Crippen LogP contribution is -2.15. The van der Waals surface area contributed by atoms with Crippen molar-refractivity contribution in [3.05, 3.63) is 24.2 Å². The molecule has 0 aromatic carbocycles. The first-order chi connectivity index (χ1) is 7.34. The van der Waals surface area contributed by atoms with Gasteiger partial charge in [0.25, 0.3) is 0 Å². The fraction of sp³-hybridized carbons (Fsp3) is 0.400. The third-order valence-corrected chi connectivity index (χ3v) is 2.83. The first-order valence-electron chi connectivity index (χ1n) is 5.18. The van der Waals surface area contributed by atoms with Gasteiger partial charge in [0.05, 0.1) is 6.04 Å². The van der Waals surface area contributed by atoms with Crippen LogP contribution in [0.3, 0.4) is 0 Å². The summed E-state index contributed by atoms with van der Waals surface area (Å²) in [6, 6.07) is 4.05. The molecule has 3 heterocycles. The Labute approximate surface area is 87.3 Å². The van der Waals surface area contributed by atoms with Crippen molar-refractivity contribution in [2.24, 2.45) is 0 Å². The highest BCUT2D eigenvalue weighted by Gasteiger charge is 2.21. The Bertz CT molecular complexity index is 484. The average Bonchev–Trinajstić information content (AvgIpc) is 2.82. The van der Waals surface area contributed by atoms with Crippen LogP contribution in [0.15, 0.2) is 18.3 Å². The Hall–Kier alpha value is -1.62. The van der Waals surface area contributed by atoms with E-state index in [1.807, 2.05) is 22.7 Å². The van der Waals surface area contributed by atoms with Crippen LogP contribution in [-0.2, 0) is 0 Å².